The third kappa shape index (κ3) is 6.86. The summed E-state index contributed by atoms with van der Waals surface area (Å²) in [5.41, 5.74) is -0.574. The highest BCUT2D eigenvalue weighted by Gasteiger charge is 2.24. The Kier molecular flexibility index (Phi) is 6.70. The minimum absolute atomic E-state index is 0.456. The Morgan fingerprint density at radius 2 is 1.94 bits per heavy atom. The summed E-state index contributed by atoms with van der Waals surface area (Å²) < 4.78 is 10.4. The van der Waals surface area contributed by atoms with Crippen LogP contribution in [0.25, 0.3) is 0 Å². The zero-order valence-corrected chi connectivity index (χ0v) is 12.2. The smallest absolute Gasteiger partial charge is 0.408 e. The number of esters is 1. The lowest BCUT2D eigenvalue weighted by Crippen LogP contribution is -2.44. The van der Waals surface area contributed by atoms with E-state index in [0.717, 1.165) is 4.43 Å². The number of hydrogen-bond donors (Lipinski definition) is 1. The summed E-state index contributed by atoms with van der Waals surface area (Å²) in [6.45, 7) is 5.29. The van der Waals surface area contributed by atoms with Gasteiger partial charge in [-0.3, -0.25) is 0 Å². The highest BCUT2D eigenvalue weighted by molar-refractivity contribution is 14.1. The highest BCUT2D eigenvalue weighted by atomic mass is 127. The van der Waals surface area contributed by atoms with Gasteiger partial charge < -0.3 is 14.8 Å². The zero-order valence-electron chi connectivity index (χ0n) is 10.0. The van der Waals surface area contributed by atoms with Crippen LogP contribution in [0.4, 0.5) is 4.79 Å². The Labute approximate surface area is 109 Å². The van der Waals surface area contributed by atoms with Gasteiger partial charge in [-0.2, -0.15) is 0 Å². The van der Waals surface area contributed by atoms with Gasteiger partial charge in [0.05, 0.1) is 7.11 Å². The van der Waals surface area contributed by atoms with Gasteiger partial charge >= 0.3 is 12.1 Å². The van der Waals surface area contributed by atoms with E-state index in [9.17, 15) is 9.59 Å². The van der Waals surface area contributed by atoms with Crippen LogP contribution >= 0.6 is 22.6 Å². The molecule has 1 N–H and O–H groups in total. The molecule has 0 aromatic rings. The predicted molar refractivity (Wildman–Crippen MR) is 68.7 cm³/mol. The quantitative estimate of drug-likeness (QED) is 0.481. The fourth-order valence-electron chi connectivity index (χ4n) is 0.950. The van der Waals surface area contributed by atoms with Gasteiger partial charge in [-0.15, -0.1) is 0 Å². The Hall–Kier alpha value is -0.530. The van der Waals surface area contributed by atoms with E-state index in [4.69, 9.17) is 4.74 Å². The molecule has 0 aromatic carbocycles. The van der Waals surface area contributed by atoms with Crippen LogP contribution < -0.4 is 5.32 Å². The number of carbonyl (C=O) groups is 2. The lowest BCUT2D eigenvalue weighted by Gasteiger charge is -2.22. The van der Waals surface area contributed by atoms with E-state index in [1.165, 1.54) is 7.11 Å². The third-order valence-electron chi connectivity index (χ3n) is 1.57. The number of hydrogen-bond acceptors (Lipinski definition) is 4. The molecule has 1 atom stereocenters. The first-order valence-corrected chi connectivity index (χ1v) is 6.46. The summed E-state index contributed by atoms with van der Waals surface area (Å²) >= 11 is 2.13. The Balaban J connectivity index is 4.29. The van der Waals surface area contributed by atoms with E-state index in [1.54, 1.807) is 20.8 Å². The van der Waals surface area contributed by atoms with Crippen molar-refractivity contribution in [2.75, 3.05) is 11.5 Å². The SMILES string of the molecule is COC(=O)[C@@H](CCI)NC(=O)OC(C)(C)C. The maximum atomic E-state index is 11.4. The molecule has 5 nitrogen and oxygen atoms in total. The molecule has 0 radical (unpaired) electrons. The molecule has 0 saturated carbocycles. The number of carbonyl (C=O) groups excluding carboxylic acids is 2. The summed E-state index contributed by atoms with van der Waals surface area (Å²) in [6, 6.07) is -0.642. The van der Waals surface area contributed by atoms with E-state index in [2.05, 4.69) is 32.6 Å². The number of alkyl halides is 1. The maximum Gasteiger partial charge on any atom is 0.408 e. The zero-order chi connectivity index (χ0) is 12.8. The highest BCUT2D eigenvalue weighted by Crippen LogP contribution is 2.08. The molecule has 0 fully saturated rings. The molecular formula is C10H18INO4. The van der Waals surface area contributed by atoms with Gasteiger partial charge in [0.2, 0.25) is 0 Å². The molecule has 16 heavy (non-hydrogen) atoms. The summed E-state index contributed by atoms with van der Waals surface area (Å²) in [4.78, 5) is 22.7. The number of ether oxygens (including phenoxy) is 2. The second kappa shape index (κ2) is 6.93. The molecular weight excluding hydrogens is 325 g/mol. The van der Waals surface area contributed by atoms with Crippen LogP contribution in [0, 0.1) is 0 Å². The van der Waals surface area contributed by atoms with E-state index >= 15 is 0 Å². The maximum absolute atomic E-state index is 11.4. The fourth-order valence-corrected chi connectivity index (χ4v) is 1.57. The van der Waals surface area contributed by atoms with Gasteiger partial charge in [0, 0.05) is 4.43 Å². The van der Waals surface area contributed by atoms with E-state index in [1.807, 2.05) is 0 Å². The number of alkyl carbamates (subject to hydrolysis) is 1. The Morgan fingerprint density at radius 1 is 1.38 bits per heavy atom. The van der Waals surface area contributed by atoms with Crippen LogP contribution in [0.1, 0.15) is 27.2 Å². The van der Waals surface area contributed by atoms with Gasteiger partial charge in [0.25, 0.3) is 0 Å². The average molecular weight is 343 g/mol. The number of amides is 1. The van der Waals surface area contributed by atoms with Crippen LogP contribution in [-0.2, 0) is 14.3 Å². The van der Waals surface area contributed by atoms with Crippen molar-refractivity contribution in [1.82, 2.24) is 5.32 Å². The average Bonchev–Trinajstić information content (AvgIpc) is 2.13. The molecule has 0 bridgehead atoms. The number of halogens is 1. The first-order chi connectivity index (χ1) is 7.30. The van der Waals surface area contributed by atoms with Crippen molar-refractivity contribution in [3.63, 3.8) is 0 Å². The molecule has 0 aliphatic heterocycles. The summed E-state index contributed by atoms with van der Waals surface area (Å²) in [6.07, 6.45) is -0.0836. The topological polar surface area (TPSA) is 64.6 Å². The molecule has 94 valence electrons. The first-order valence-electron chi connectivity index (χ1n) is 4.93. The van der Waals surface area contributed by atoms with Crippen molar-refractivity contribution >= 4 is 34.7 Å². The molecule has 0 unspecified atom stereocenters. The molecule has 6 heteroatoms. The molecule has 0 aliphatic rings. The number of rotatable bonds is 4. The molecule has 0 spiro atoms. The van der Waals surface area contributed by atoms with Crippen LogP contribution in [0.2, 0.25) is 0 Å². The normalized spacial score (nSPS) is 12.8. The largest absolute Gasteiger partial charge is 0.467 e. The lowest BCUT2D eigenvalue weighted by atomic mass is 10.2. The van der Waals surface area contributed by atoms with Gasteiger partial charge in [-0.25, -0.2) is 9.59 Å². The summed E-state index contributed by atoms with van der Waals surface area (Å²) in [5.74, 6) is -0.456. The molecule has 0 aliphatic carbocycles. The second-order valence-corrected chi connectivity index (χ2v) is 5.28. The van der Waals surface area contributed by atoms with Crippen LogP contribution in [0.5, 0.6) is 0 Å². The van der Waals surface area contributed by atoms with Crippen LogP contribution in [0.15, 0.2) is 0 Å². The molecule has 0 heterocycles. The number of methoxy groups -OCH3 is 1. The first kappa shape index (κ1) is 15.5. The number of nitrogens with one attached hydrogen (secondary N) is 1. The molecule has 0 rings (SSSR count). The second-order valence-electron chi connectivity index (χ2n) is 4.20. The third-order valence-corrected chi connectivity index (χ3v) is 2.20. The van der Waals surface area contributed by atoms with Crippen molar-refractivity contribution in [3.8, 4) is 0 Å². The van der Waals surface area contributed by atoms with Crippen LogP contribution in [0.3, 0.4) is 0 Å². The van der Waals surface area contributed by atoms with E-state index < -0.39 is 23.7 Å². The van der Waals surface area contributed by atoms with Crippen molar-refractivity contribution in [2.45, 2.75) is 38.8 Å². The Bertz CT molecular complexity index is 250. The van der Waals surface area contributed by atoms with E-state index in [-0.39, 0.29) is 0 Å². The molecule has 0 aromatic heterocycles. The fraction of sp³-hybridized carbons (Fsp3) is 0.800. The predicted octanol–water partition coefficient (Wildman–Crippen LogP) is 1.88. The molecule has 1 amide bonds. The molecule has 0 saturated heterocycles. The minimum Gasteiger partial charge on any atom is -0.467 e. The summed E-state index contributed by atoms with van der Waals surface area (Å²) in [5, 5.41) is 2.48. The Morgan fingerprint density at radius 3 is 2.31 bits per heavy atom. The van der Waals surface area contributed by atoms with E-state index in [0.29, 0.717) is 6.42 Å². The summed E-state index contributed by atoms with van der Waals surface area (Å²) in [7, 11) is 1.29. The van der Waals surface area contributed by atoms with Gasteiger partial charge in [-0.1, -0.05) is 22.6 Å². The van der Waals surface area contributed by atoms with Crippen molar-refractivity contribution in [2.24, 2.45) is 0 Å². The van der Waals surface area contributed by atoms with Crippen molar-refractivity contribution in [1.29, 1.82) is 0 Å². The van der Waals surface area contributed by atoms with Gasteiger partial charge in [0.1, 0.15) is 11.6 Å². The standard InChI is InChI=1S/C10H18INO4/c1-10(2,3)16-9(14)12-7(5-6-11)8(13)15-4/h7H,5-6H2,1-4H3,(H,12,14)/t7-/m1/s1. The van der Waals surface area contributed by atoms with Crippen molar-refractivity contribution in [3.05, 3.63) is 0 Å². The lowest BCUT2D eigenvalue weighted by molar-refractivity contribution is -0.143. The van der Waals surface area contributed by atoms with Gasteiger partial charge in [0.15, 0.2) is 0 Å². The van der Waals surface area contributed by atoms with Crippen LogP contribution in [-0.4, -0.2) is 35.2 Å². The van der Waals surface area contributed by atoms with Crippen molar-refractivity contribution < 1.29 is 19.1 Å². The monoisotopic (exact) mass is 343 g/mol. The van der Waals surface area contributed by atoms with Gasteiger partial charge in [-0.05, 0) is 27.2 Å². The minimum atomic E-state index is -0.642.